The lowest BCUT2D eigenvalue weighted by Crippen LogP contribution is -2.40. The number of ether oxygens (including phenoxy) is 2. The fraction of sp³-hybridized carbons (Fsp3) is 0.103. The normalized spacial score (nSPS) is 15.3. The van der Waals surface area contributed by atoms with Gasteiger partial charge in [-0.25, -0.2) is 14.6 Å². The van der Waals surface area contributed by atoms with Crippen LogP contribution >= 0.6 is 11.6 Å². The van der Waals surface area contributed by atoms with E-state index in [2.05, 4.69) is 16.0 Å². The number of nitrogens with zero attached hydrogens (tertiary/aromatic N) is 3. The summed E-state index contributed by atoms with van der Waals surface area (Å²) in [5.41, 5.74) is 9.58. The van der Waals surface area contributed by atoms with Crippen molar-refractivity contribution in [3.05, 3.63) is 106 Å². The van der Waals surface area contributed by atoms with Crippen molar-refractivity contribution < 1.29 is 19.1 Å². The molecule has 0 aliphatic carbocycles. The van der Waals surface area contributed by atoms with E-state index in [1.165, 1.54) is 19.1 Å². The summed E-state index contributed by atoms with van der Waals surface area (Å²) < 4.78 is 10.2. The zero-order valence-electron chi connectivity index (χ0n) is 20.9. The number of methoxy groups -OCH3 is 2. The number of aromatic nitrogens is 2. The van der Waals surface area contributed by atoms with Crippen LogP contribution in [0.25, 0.3) is 22.4 Å². The maximum absolute atomic E-state index is 13.3. The Bertz CT molecular complexity index is 1700. The molecule has 3 N–H and O–H groups in total. The molecule has 4 aromatic rings. The third-order valence-electron chi connectivity index (χ3n) is 6.45. The number of H-pyrrole nitrogens is 1. The molecule has 10 heteroatoms. The number of hydrogen-bond donors (Lipinski definition) is 2. The van der Waals surface area contributed by atoms with E-state index in [1.807, 2.05) is 12.1 Å². The van der Waals surface area contributed by atoms with Crippen molar-refractivity contribution in [1.82, 2.24) is 9.97 Å². The molecule has 9 nitrogen and oxygen atoms in total. The number of hydrogen-bond acceptors (Lipinski definition) is 8. The lowest BCUT2D eigenvalue weighted by Gasteiger charge is -2.35. The molecule has 5 rings (SSSR count). The summed E-state index contributed by atoms with van der Waals surface area (Å²) >= 11 is 6.02. The Kier molecular flexibility index (Phi) is 6.79. The molecule has 0 spiro atoms. The summed E-state index contributed by atoms with van der Waals surface area (Å²) in [5.74, 6) is -1.95. The van der Waals surface area contributed by atoms with E-state index >= 15 is 0 Å². The molecule has 0 radical (unpaired) electrons. The van der Waals surface area contributed by atoms with Gasteiger partial charge in [0.15, 0.2) is 0 Å². The molecule has 1 aliphatic heterocycles. The molecule has 0 bridgehead atoms. The summed E-state index contributed by atoms with van der Waals surface area (Å²) in [4.78, 5) is 35.7. The van der Waals surface area contributed by atoms with Crippen LogP contribution in [0.4, 0.5) is 5.69 Å². The summed E-state index contributed by atoms with van der Waals surface area (Å²) in [6, 6.07) is 23.4. The van der Waals surface area contributed by atoms with E-state index in [4.69, 9.17) is 26.8 Å². The van der Waals surface area contributed by atoms with Gasteiger partial charge in [-0.1, -0.05) is 41.9 Å². The van der Waals surface area contributed by atoms with Gasteiger partial charge in [-0.2, -0.15) is 5.26 Å². The molecule has 3 aromatic carbocycles. The van der Waals surface area contributed by atoms with Crippen LogP contribution in [0, 0.1) is 11.3 Å². The van der Waals surface area contributed by atoms with E-state index in [9.17, 15) is 14.9 Å². The minimum absolute atomic E-state index is 0.0174. The van der Waals surface area contributed by atoms with Crippen molar-refractivity contribution in [1.29, 1.82) is 5.26 Å². The van der Waals surface area contributed by atoms with Crippen LogP contribution in [0.5, 0.6) is 0 Å². The Balaban J connectivity index is 1.73. The number of carbonyl (C=O) groups is 2. The van der Waals surface area contributed by atoms with Crippen molar-refractivity contribution >= 4 is 40.3 Å². The molecule has 1 aromatic heterocycles. The van der Waals surface area contributed by atoms with Crippen molar-refractivity contribution in [3.63, 3.8) is 0 Å². The van der Waals surface area contributed by atoms with Crippen LogP contribution in [0.15, 0.2) is 95.5 Å². The molecule has 1 atom stereocenters. The van der Waals surface area contributed by atoms with Crippen molar-refractivity contribution in [2.24, 2.45) is 5.73 Å². The lowest BCUT2D eigenvalue weighted by molar-refractivity contribution is -0.139. The first-order valence-corrected chi connectivity index (χ1v) is 12.2. The van der Waals surface area contributed by atoms with E-state index < -0.39 is 17.9 Å². The van der Waals surface area contributed by atoms with Gasteiger partial charge in [-0.15, -0.1) is 0 Å². The van der Waals surface area contributed by atoms with E-state index in [0.29, 0.717) is 33.1 Å². The quantitative estimate of drug-likeness (QED) is 0.346. The van der Waals surface area contributed by atoms with Crippen LogP contribution in [0.1, 0.15) is 11.5 Å². The molecule has 1 unspecified atom stereocenters. The number of aromatic amines is 1. The molecule has 1 aliphatic rings. The smallest absolute Gasteiger partial charge is 0.355 e. The number of nitrogens with two attached hydrogens (primary N) is 1. The predicted octanol–water partition coefficient (Wildman–Crippen LogP) is 4.78. The maximum atomic E-state index is 13.3. The Morgan fingerprint density at radius 2 is 1.72 bits per heavy atom. The number of rotatable bonds is 5. The van der Waals surface area contributed by atoms with Crippen LogP contribution in [0.2, 0.25) is 5.02 Å². The summed E-state index contributed by atoms with van der Waals surface area (Å²) in [6.45, 7) is 0. The van der Waals surface area contributed by atoms with Crippen LogP contribution in [-0.2, 0) is 19.1 Å². The minimum Gasteiger partial charge on any atom is -0.466 e. The van der Waals surface area contributed by atoms with Gasteiger partial charge < -0.3 is 20.2 Å². The summed E-state index contributed by atoms with van der Waals surface area (Å²) in [7, 11) is 2.41. The SMILES string of the molecule is COC(=O)C1=C(C(=O)OC)N(c2ccc3nc(-c4ccc(Cl)cc4)[nH]c3c2)C(N)=C(C#N)C1c1ccccc1. The maximum Gasteiger partial charge on any atom is 0.355 e. The van der Waals surface area contributed by atoms with Gasteiger partial charge in [0, 0.05) is 10.6 Å². The Morgan fingerprint density at radius 1 is 1.03 bits per heavy atom. The predicted molar refractivity (Wildman–Crippen MR) is 146 cm³/mol. The zero-order valence-corrected chi connectivity index (χ0v) is 21.7. The highest BCUT2D eigenvalue weighted by Crippen LogP contribution is 2.43. The van der Waals surface area contributed by atoms with Gasteiger partial charge in [0.1, 0.15) is 17.3 Å². The first kappa shape index (κ1) is 25.6. The largest absolute Gasteiger partial charge is 0.466 e. The highest BCUT2D eigenvalue weighted by Gasteiger charge is 2.43. The molecular weight excluding hydrogens is 518 g/mol. The second-order valence-electron chi connectivity index (χ2n) is 8.63. The topological polar surface area (TPSA) is 134 Å². The second-order valence-corrected chi connectivity index (χ2v) is 9.07. The second kappa shape index (κ2) is 10.4. The number of esters is 2. The number of carbonyl (C=O) groups excluding carboxylic acids is 2. The Hall–Kier alpha value is -5.07. The standard InChI is InChI=1S/C29H22ClN5O4/c1-38-28(36)24-23(16-6-4-3-5-7-16)20(15-31)26(32)35(25(24)29(37)39-2)19-12-13-21-22(14-19)34-27(33-21)17-8-10-18(30)11-9-17/h3-14,23H,32H2,1-2H3,(H,33,34). The molecule has 0 amide bonds. The molecule has 0 saturated carbocycles. The molecule has 39 heavy (non-hydrogen) atoms. The number of fused-ring (bicyclic) bond motifs is 1. The monoisotopic (exact) mass is 539 g/mol. The average Bonchev–Trinajstić information content (AvgIpc) is 3.40. The average molecular weight is 540 g/mol. The zero-order chi connectivity index (χ0) is 27.7. The van der Waals surface area contributed by atoms with E-state index in [1.54, 1.807) is 60.7 Å². The third kappa shape index (κ3) is 4.47. The number of halogens is 1. The van der Waals surface area contributed by atoms with Crippen LogP contribution in [-0.4, -0.2) is 36.1 Å². The summed E-state index contributed by atoms with van der Waals surface area (Å²) in [5, 5.41) is 10.8. The van der Waals surface area contributed by atoms with Crippen molar-refractivity contribution in [2.75, 3.05) is 19.1 Å². The minimum atomic E-state index is -0.943. The summed E-state index contributed by atoms with van der Waals surface area (Å²) in [6.07, 6.45) is 0. The third-order valence-corrected chi connectivity index (χ3v) is 6.70. The van der Waals surface area contributed by atoms with Crippen LogP contribution < -0.4 is 10.6 Å². The number of benzene rings is 3. The van der Waals surface area contributed by atoms with Crippen molar-refractivity contribution in [2.45, 2.75) is 5.92 Å². The first-order valence-electron chi connectivity index (χ1n) is 11.8. The number of allylic oxidation sites excluding steroid dienone is 1. The van der Waals surface area contributed by atoms with E-state index in [0.717, 1.165) is 5.56 Å². The van der Waals surface area contributed by atoms with E-state index in [-0.39, 0.29) is 22.7 Å². The highest BCUT2D eigenvalue weighted by atomic mass is 35.5. The van der Waals surface area contributed by atoms with Gasteiger partial charge in [0.05, 0.1) is 54.1 Å². The lowest BCUT2D eigenvalue weighted by atomic mass is 9.81. The molecule has 0 saturated heterocycles. The first-order chi connectivity index (χ1) is 18.9. The Labute approximate surface area is 228 Å². The Morgan fingerprint density at radius 3 is 2.36 bits per heavy atom. The highest BCUT2D eigenvalue weighted by molar-refractivity contribution is 6.30. The van der Waals surface area contributed by atoms with Gasteiger partial charge in [-0.05, 0) is 48.0 Å². The fourth-order valence-electron chi connectivity index (χ4n) is 4.66. The van der Waals surface area contributed by atoms with Gasteiger partial charge in [0.2, 0.25) is 0 Å². The molecular formula is C29H22ClN5O4. The number of imidazole rings is 1. The molecule has 194 valence electrons. The van der Waals surface area contributed by atoms with Crippen LogP contribution in [0.3, 0.4) is 0 Å². The van der Waals surface area contributed by atoms with Gasteiger partial charge in [0.25, 0.3) is 0 Å². The number of nitrogens with one attached hydrogen (secondary N) is 1. The van der Waals surface area contributed by atoms with Crippen molar-refractivity contribution in [3.8, 4) is 17.5 Å². The van der Waals surface area contributed by atoms with Gasteiger partial charge in [-0.3, -0.25) is 4.90 Å². The molecule has 0 fully saturated rings. The molecule has 2 heterocycles. The van der Waals surface area contributed by atoms with Gasteiger partial charge >= 0.3 is 11.9 Å². The number of nitriles is 1. The number of anilines is 1. The fourth-order valence-corrected chi connectivity index (χ4v) is 4.79.